The zero-order valence-corrected chi connectivity index (χ0v) is 18.8. The molecule has 2 rings (SSSR count). The number of hydrogen-bond acceptors (Lipinski definition) is 4. The summed E-state index contributed by atoms with van der Waals surface area (Å²) in [6.07, 6.45) is 1.11. The van der Waals surface area contributed by atoms with Crippen LogP contribution >= 0.6 is 0 Å². The predicted molar refractivity (Wildman–Crippen MR) is 117 cm³/mol. The van der Waals surface area contributed by atoms with E-state index >= 15 is 0 Å². The van der Waals surface area contributed by atoms with Gasteiger partial charge >= 0.3 is 0 Å². The molecule has 7 heteroatoms. The molecule has 6 nitrogen and oxygen atoms in total. The molecule has 0 bridgehead atoms. The minimum absolute atomic E-state index is 0.278. The van der Waals surface area contributed by atoms with E-state index < -0.39 is 16.1 Å². The SMILES string of the molecule is Cc1cc(C)cc(N([C@@H](C)C(=O)NCCOc2ccc(C)c(C)c2)S(C)(=O)=O)c1. The summed E-state index contributed by atoms with van der Waals surface area (Å²) in [5.74, 6) is 0.363. The van der Waals surface area contributed by atoms with Crippen molar-refractivity contribution in [3.63, 3.8) is 0 Å². The van der Waals surface area contributed by atoms with Crippen LogP contribution in [0.1, 0.15) is 29.2 Å². The molecule has 0 aliphatic rings. The van der Waals surface area contributed by atoms with Gasteiger partial charge in [0.25, 0.3) is 0 Å². The maximum atomic E-state index is 12.6. The van der Waals surface area contributed by atoms with Gasteiger partial charge in [0, 0.05) is 0 Å². The van der Waals surface area contributed by atoms with Crippen molar-refractivity contribution in [3.05, 3.63) is 58.7 Å². The fourth-order valence-electron chi connectivity index (χ4n) is 3.18. The second-order valence-corrected chi connectivity index (χ2v) is 9.33. The van der Waals surface area contributed by atoms with E-state index in [0.717, 1.165) is 33.0 Å². The minimum Gasteiger partial charge on any atom is -0.492 e. The second kappa shape index (κ2) is 9.31. The van der Waals surface area contributed by atoms with Crippen LogP contribution in [0.3, 0.4) is 0 Å². The van der Waals surface area contributed by atoms with Crippen molar-refractivity contribution in [1.82, 2.24) is 5.32 Å². The standard InChI is InChI=1S/C22H30N2O4S/c1-15-11-16(2)13-20(12-15)24(29(6,26)27)19(5)22(25)23-9-10-28-21-8-7-17(3)18(4)14-21/h7-8,11-14,19H,9-10H2,1-6H3,(H,23,25)/t19-/m0/s1. The van der Waals surface area contributed by atoms with Gasteiger partial charge in [0.1, 0.15) is 18.4 Å². The highest BCUT2D eigenvalue weighted by Crippen LogP contribution is 2.24. The highest BCUT2D eigenvalue weighted by Gasteiger charge is 2.29. The summed E-state index contributed by atoms with van der Waals surface area (Å²) in [5.41, 5.74) is 4.68. The number of nitrogens with one attached hydrogen (secondary N) is 1. The Hall–Kier alpha value is -2.54. The zero-order chi connectivity index (χ0) is 21.8. The lowest BCUT2D eigenvalue weighted by Gasteiger charge is -2.28. The third-order valence-electron chi connectivity index (χ3n) is 4.70. The highest BCUT2D eigenvalue weighted by molar-refractivity contribution is 7.92. The van der Waals surface area contributed by atoms with Crippen LogP contribution in [-0.4, -0.2) is 39.8 Å². The number of nitrogens with zero attached hydrogens (tertiary/aromatic N) is 1. The number of sulfonamides is 1. The van der Waals surface area contributed by atoms with Gasteiger partial charge in [0.15, 0.2) is 0 Å². The molecule has 0 heterocycles. The number of benzene rings is 2. The Morgan fingerprint density at radius 3 is 2.21 bits per heavy atom. The smallest absolute Gasteiger partial charge is 0.243 e. The molecule has 1 atom stereocenters. The first-order valence-electron chi connectivity index (χ1n) is 9.54. The van der Waals surface area contributed by atoms with E-state index in [1.165, 1.54) is 5.56 Å². The van der Waals surface area contributed by atoms with E-state index in [1.54, 1.807) is 19.1 Å². The van der Waals surface area contributed by atoms with Crippen molar-refractivity contribution in [2.24, 2.45) is 0 Å². The van der Waals surface area contributed by atoms with Crippen LogP contribution in [0.2, 0.25) is 0 Å². The van der Waals surface area contributed by atoms with Crippen molar-refractivity contribution in [3.8, 4) is 5.75 Å². The number of aryl methyl sites for hydroxylation is 4. The van der Waals surface area contributed by atoms with Crippen LogP contribution in [0.5, 0.6) is 5.75 Å². The topological polar surface area (TPSA) is 75.7 Å². The Bertz CT molecular complexity index is 966. The summed E-state index contributed by atoms with van der Waals surface area (Å²) >= 11 is 0. The van der Waals surface area contributed by atoms with Gasteiger partial charge in [-0.15, -0.1) is 0 Å². The Kier molecular flexibility index (Phi) is 7.30. The van der Waals surface area contributed by atoms with E-state index in [-0.39, 0.29) is 12.5 Å². The van der Waals surface area contributed by atoms with Crippen LogP contribution in [0.25, 0.3) is 0 Å². The molecule has 0 spiro atoms. The lowest BCUT2D eigenvalue weighted by atomic mass is 10.1. The Morgan fingerprint density at radius 2 is 1.66 bits per heavy atom. The molecule has 2 aromatic rings. The third kappa shape index (κ3) is 6.22. The van der Waals surface area contributed by atoms with Gasteiger partial charge in [0.2, 0.25) is 15.9 Å². The van der Waals surface area contributed by atoms with E-state index in [9.17, 15) is 13.2 Å². The monoisotopic (exact) mass is 418 g/mol. The van der Waals surface area contributed by atoms with E-state index in [0.29, 0.717) is 12.3 Å². The zero-order valence-electron chi connectivity index (χ0n) is 17.9. The van der Waals surface area contributed by atoms with Crippen molar-refractivity contribution in [2.45, 2.75) is 40.7 Å². The lowest BCUT2D eigenvalue weighted by molar-refractivity contribution is -0.121. The summed E-state index contributed by atoms with van der Waals surface area (Å²) in [5, 5.41) is 2.76. The van der Waals surface area contributed by atoms with Crippen molar-refractivity contribution in [1.29, 1.82) is 0 Å². The predicted octanol–water partition coefficient (Wildman–Crippen LogP) is 3.27. The normalized spacial score (nSPS) is 12.3. The van der Waals surface area contributed by atoms with Gasteiger partial charge in [-0.2, -0.15) is 0 Å². The van der Waals surface area contributed by atoms with Gasteiger partial charge in [-0.25, -0.2) is 8.42 Å². The molecule has 158 valence electrons. The van der Waals surface area contributed by atoms with Crippen molar-refractivity contribution in [2.75, 3.05) is 23.7 Å². The molecule has 1 amide bonds. The summed E-state index contributed by atoms with van der Waals surface area (Å²) in [6, 6.07) is 10.4. The first kappa shape index (κ1) is 22.7. The molecule has 0 unspecified atom stereocenters. The molecule has 0 aliphatic carbocycles. The fourth-order valence-corrected chi connectivity index (χ4v) is 4.34. The van der Waals surface area contributed by atoms with Gasteiger partial charge < -0.3 is 10.1 Å². The number of anilines is 1. The van der Waals surface area contributed by atoms with Crippen molar-refractivity contribution >= 4 is 21.6 Å². The Labute approximate surface area is 173 Å². The summed E-state index contributed by atoms with van der Waals surface area (Å²) in [7, 11) is -3.64. The summed E-state index contributed by atoms with van der Waals surface area (Å²) < 4.78 is 31.6. The Morgan fingerprint density at radius 1 is 1.03 bits per heavy atom. The van der Waals surface area contributed by atoms with Crippen LogP contribution in [0, 0.1) is 27.7 Å². The van der Waals surface area contributed by atoms with E-state index in [1.807, 2.05) is 52.0 Å². The van der Waals surface area contributed by atoms with Crippen LogP contribution < -0.4 is 14.4 Å². The molecule has 0 saturated carbocycles. The van der Waals surface area contributed by atoms with Gasteiger partial charge in [0.05, 0.1) is 18.5 Å². The first-order chi connectivity index (χ1) is 13.5. The van der Waals surface area contributed by atoms with Gasteiger partial charge in [-0.1, -0.05) is 12.1 Å². The number of amides is 1. The minimum atomic E-state index is -3.64. The maximum absolute atomic E-state index is 12.6. The van der Waals surface area contributed by atoms with E-state index in [4.69, 9.17) is 4.74 Å². The quantitative estimate of drug-likeness (QED) is 0.668. The molecule has 1 N–H and O–H groups in total. The van der Waals surface area contributed by atoms with Gasteiger partial charge in [-0.3, -0.25) is 9.10 Å². The van der Waals surface area contributed by atoms with Crippen LogP contribution in [0.15, 0.2) is 36.4 Å². The lowest BCUT2D eigenvalue weighted by Crippen LogP contribution is -2.48. The molecule has 0 aliphatic heterocycles. The summed E-state index contributed by atoms with van der Waals surface area (Å²) in [4.78, 5) is 12.6. The average Bonchev–Trinajstić information content (AvgIpc) is 2.59. The summed E-state index contributed by atoms with van der Waals surface area (Å²) in [6.45, 7) is 9.99. The van der Waals surface area contributed by atoms with E-state index in [2.05, 4.69) is 5.32 Å². The maximum Gasteiger partial charge on any atom is 0.243 e. The Balaban J connectivity index is 2.02. The molecular weight excluding hydrogens is 388 g/mol. The number of carbonyl (C=O) groups is 1. The van der Waals surface area contributed by atoms with Crippen molar-refractivity contribution < 1.29 is 17.9 Å². The number of rotatable bonds is 8. The molecule has 0 fully saturated rings. The molecule has 2 aromatic carbocycles. The average molecular weight is 419 g/mol. The molecule has 0 saturated heterocycles. The molecule has 0 radical (unpaired) electrons. The largest absolute Gasteiger partial charge is 0.492 e. The molecular formula is C22H30N2O4S. The number of ether oxygens (including phenoxy) is 1. The van der Waals surface area contributed by atoms with Crippen LogP contribution in [0.4, 0.5) is 5.69 Å². The second-order valence-electron chi connectivity index (χ2n) is 7.47. The number of carbonyl (C=O) groups excluding carboxylic acids is 1. The van der Waals surface area contributed by atoms with Crippen LogP contribution in [-0.2, 0) is 14.8 Å². The van der Waals surface area contributed by atoms with Gasteiger partial charge in [-0.05, 0) is 81.1 Å². The third-order valence-corrected chi connectivity index (χ3v) is 5.94. The molecule has 29 heavy (non-hydrogen) atoms. The fraction of sp³-hybridized carbons (Fsp3) is 0.409. The number of hydrogen-bond donors (Lipinski definition) is 1. The molecule has 0 aromatic heterocycles. The first-order valence-corrected chi connectivity index (χ1v) is 11.4. The highest BCUT2D eigenvalue weighted by atomic mass is 32.2.